The molecule has 3 heteroatoms. The monoisotopic (exact) mass is 161 g/mol. The van der Waals surface area contributed by atoms with Gasteiger partial charge in [0.15, 0.2) is 0 Å². The Balaban J connectivity index is 2.95. The highest BCUT2D eigenvalue weighted by Crippen LogP contribution is 2.11. The molecule has 12 heavy (non-hydrogen) atoms. The van der Waals surface area contributed by atoms with E-state index in [2.05, 4.69) is 16.8 Å². The van der Waals surface area contributed by atoms with Crippen LogP contribution in [0.15, 0.2) is 18.3 Å². The number of anilines is 1. The van der Waals surface area contributed by atoms with Crippen LogP contribution >= 0.6 is 0 Å². The van der Waals surface area contributed by atoms with Gasteiger partial charge in [0.1, 0.15) is 11.8 Å². The molecule has 1 aromatic heterocycles. The summed E-state index contributed by atoms with van der Waals surface area (Å²) in [6.45, 7) is 2.99. The van der Waals surface area contributed by atoms with Gasteiger partial charge in [-0.25, -0.2) is 4.98 Å². The summed E-state index contributed by atoms with van der Waals surface area (Å²) in [5, 5.41) is 8.59. The lowest BCUT2D eigenvalue weighted by Gasteiger charge is -2.15. The molecule has 1 heterocycles. The number of hydrogen-bond donors (Lipinski definition) is 0. The number of nitrogens with zero attached hydrogens (tertiary/aromatic N) is 3. The Morgan fingerprint density at radius 3 is 3.00 bits per heavy atom. The molecular weight excluding hydrogens is 150 g/mol. The third kappa shape index (κ3) is 1.73. The molecule has 0 bridgehead atoms. The van der Waals surface area contributed by atoms with Crippen molar-refractivity contribution < 1.29 is 0 Å². The quantitative estimate of drug-likeness (QED) is 0.658. The highest BCUT2D eigenvalue weighted by atomic mass is 15.1. The summed E-state index contributed by atoms with van der Waals surface area (Å²) in [5.41, 5.74) is 1.50. The second kappa shape index (κ2) is 3.72. The molecule has 1 rings (SSSR count). The highest BCUT2D eigenvalue weighted by Gasteiger charge is 1.98. The normalized spacial score (nSPS) is 9.08. The van der Waals surface area contributed by atoms with Crippen LogP contribution in [-0.4, -0.2) is 18.6 Å². The van der Waals surface area contributed by atoms with Crippen LogP contribution in [0.3, 0.4) is 0 Å². The van der Waals surface area contributed by atoms with Crippen LogP contribution in [0.2, 0.25) is 0 Å². The summed E-state index contributed by atoms with van der Waals surface area (Å²) in [6, 6.07) is 5.68. The van der Waals surface area contributed by atoms with E-state index in [-0.39, 0.29) is 0 Å². The average molecular weight is 161 g/mol. The van der Waals surface area contributed by atoms with E-state index in [0.29, 0.717) is 5.69 Å². The van der Waals surface area contributed by atoms with E-state index in [4.69, 9.17) is 5.26 Å². The molecule has 0 aliphatic rings. The van der Waals surface area contributed by atoms with E-state index >= 15 is 0 Å². The van der Waals surface area contributed by atoms with E-state index in [1.807, 2.05) is 19.2 Å². The molecule has 0 N–H and O–H groups in total. The molecule has 0 aromatic carbocycles. The molecule has 0 spiro atoms. The maximum atomic E-state index is 8.59. The Kier molecular flexibility index (Phi) is 2.65. The third-order valence-corrected chi connectivity index (χ3v) is 1.77. The molecule has 0 aliphatic heterocycles. The Morgan fingerprint density at radius 2 is 2.42 bits per heavy atom. The molecular formula is C9H11N3. The zero-order chi connectivity index (χ0) is 8.97. The SMILES string of the molecule is CCN(C)c1ccnc(C#N)c1. The zero-order valence-corrected chi connectivity index (χ0v) is 7.28. The van der Waals surface area contributed by atoms with E-state index in [9.17, 15) is 0 Å². The van der Waals surface area contributed by atoms with Crippen molar-refractivity contribution in [1.29, 1.82) is 5.26 Å². The first-order chi connectivity index (χ1) is 5.77. The van der Waals surface area contributed by atoms with E-state index in [1.165, 1.54) is 0 Å². The molecule has 62 valence electrons. The van der Waals surface area contributed by atoms with Crippen molar-refractivity contribution in [3.63, 3.8) is 0 Å². The van der Waals surface area contributed by atoms with Crippen molar-refractivity contribution >= 4 is 5.69 Å². The molecule has 0 saturated heterocycles. The predicted molar refractivity (Wildman–Crippen MR) is 47.9 cm³/mol. The molecule has 0 radical (unpaired) electrons. The minimum absolute atomic E-state index is 0.466. The third-order valence-electron chi connectivity index (χ3n) is 1.77. The Labute approximate surface area is 72.3 Å². The van der Waals surface area contributed by atoms with Crippen LogP contribution in [0, 0.1) is 11.3 Å². The fourth-order valence-electron chi connectivity index (χ4n) is 0.901. The van der Waals surface area contributed by atoms with Gasteiger partial charge in [0.25, 0.3) is 0 Å². The number of nitriles is 1. The van der Waals surface area contributed by atoms with Gasteiger partial charge in [-0.15, -0.1) is 0 Å². The van der Waals surface area contributed by atoms with Gasteiger partial charge in [-0.2, -0.15) is 5.26 Å². The first-order valence-corrected chi connectivity index (χ1v) is 3.85. The number of hydrogen-bond acceptors (Lipinski definition) is 3. The van der Waals surface area contributed by atoms with Gasteiger partial charge in [0.05, 0.1) is 0 Å². The van der Waals surface area contributed by atoms with Crippen LogP contribution in [0.4, 0.5) is 5.69 Å². The lowest BCUT2D eigenvalue weighted by Crippen LogP contribution is -2.15. The second-order valence-corrected chi connectivity index (χ2v) is 2.53. The Hall–Kier alpha value is -1.56. The Morgan fingerprint density at radius 1 is 1.67 bits per heavy atom. The second-order valence-electron chi connectivity index (χ2n) is 2.53. The van der Waals surface area contributed by atoms with Crippen LogP contribution in [0.5, 0.6) is 0 Å². The maximum absolute atomic E-state index is 8.59. The predicted octanol–water partition coefficient (Wildman–Crippen LogP) is 1.41. The van der Waals surface area contributed by atoms with Gasteiger partial charge in [-0.3, -0.25) is 0 Å². The molecule has 1 aromatic rings. The van der Waals surface area contributed by atoms with Gasteiger partial charge < -0.3 is 4.90 Å². The lowest BCUT2D eigenvalue weighted by molar-refractivity contribution is 0.964. The number of rotatable bonds is 2. The summed E-state index contributed by atoms with van der Waals surface area (Å²) in [7, 11) is 1.98. The number of aromatic nitrogens is 1. The van der Waals surface area contributed by atoms with Gasteiger partial charge >= 0.3 is 0 Å². The van der Waals surface area contributed by atoms with E-state index in [0.717, 1.165) is 12.2 Å². The topological polar surface area (TPSA) is 39.9 Å². The van der Waals surface area contributed by atoms with Crippen molar-refractivity contribution in [3.05, 3.63) is 24.0 Å². The first-order valence-electron chi connectivity index (χ1n) is 3.85. The molecule has 0 amide bonds. The van der Waals surface area contributed by atoms with Crippen LogP contribution in [0.25, 0.3) is 0 Å². The van der Waals surface area contributed by atoms with Crippen molar-refractivity contribution in [2.24, 2.45) is 0 Å². The fraction of sp³-hybridized carbons (Fsp3) is 0.333. The smallest absolute Gasteiger partial charge is 0.142 e. The molecule has 0 aliphatic carbocycles. The average Bonchev–Trinajstić information content (AvgIpc) is 2.17. The van der Waals surface area contributed by atoms with E-state index in [1.54, 1.807) is 12.3 Å². The van der Waals surface area contributed by atoms with E-state index < -0.39 is 0 Å². The highest BCUT2D eigenvalue weighted by molar-refractivity contribution is 5.47. The minimum Gasteiger partial charge on any atom is -0.375 e. The largest absolute Gasteiger partial charge is 0.375 e. The molecule has 0 unspecified atom stereocenters. The molecule has 3 nitrogen and oxygen atoms in total. The zero-order valence-electron chi connectivity index (χ0n) is 7.28. The van der Waals surface area contributed by atoms with Crippen molar-refractivity contribution in [1.82, 2.24) is 4.98 Å². The molecule has 0 saturated carbocycles. The van der Waals surface area contributed by atoms with Crippen LogP contribution in [0.1, 0.15) is 12.6 Å². The summed E-state index contributed by atoms with van der Waals surface area (Å²) < 4.78 is 0. The maximum Gasteiger partial charge on any atom is 0.142 e. The van der Waals surface area contributed by atoms with Crippen molar-refractivity contribution in [3.8, 4) is 6.07 Å². The lowest BCUT2D eigenvalue weighted by atomic mass is 10.3. The van der Waals surface area contributed by atoms with Gasteiger partial charge in [0, 0.05) is 25.5 Å². The van der Waals surface area contributed by atoms with Crippen molar-refractivity contribution in [2.75, 3.05) is 18.5 Å². The standard InChI is InChI=1S/C9H11N3/c1-3-12(2)9-4-5-11-8(6-9)7-10/h4-6H,3H2,1-2H3. The Bertz CT molecular complexity index is 301. The van der Waals surface area contributed by atoms with Crippen molar-refractivity contribution in [2.45, 2.75) is 6.92 Å². The first kappa shape index (κ1) is 8.54. The summed E-state index contributed by atoms with van der Waals surface area (Å²) >= 11 is 0. The van der Waals surface area contributed by atoms with Gasteiger partial charge in [-0.05, 0) is 19.1 Å². The number of pyridine rings is 1. The minimum atomic E-state index is 0.466. The fourth-order valence-corrected chi connectivity index (χ4v) is 0.901. The van der Waals surface area contributed by atoms with Crippen LogP contribution in [-0.2, 0) is 0 Å². The van der Waals surface area contributed by atoms with Gasteiger partial charge in [-0.1, -0.05) is 0 Å². The van der Waals surface area contributed by atoms with Crippen LogP contribution < -0.4 is 4.90 Å². The summed E-state index contributed by atoms with van der Waals surface area (Å²) in [4.78, 5) is 5.94. The molecule has 0 atom stereocenters. The van der Waals surface area contributed by atoms with Gasteiger partial charge in [0.2, 0.25) is 0 Å². The summed E-state index contributed by atoms with van der Waals surface area (Å²) in [5.74, 6) is 0. The summed E-state index contributed by atoms with van der Waals surface area (Å²) in [6.07, 6.45) is 1.65. The molecule has 0 fully saturated rings.